The van der Waals surface area contributed by atoms with Crippen molar-refractivity contribution in [2.75, 3.05) is 10.6 Å². The van der Waals surface area contributed by atoms with Gasteiger partial charge >= 0.3 is 6.18 Å². The molecule has 0 bridgehead atoms. The van der Waals surface area contributed by atoms with Crippen molar-refractivity contribution in [2.24, 2.45) is 0 Å². The zero-order valence-corrected chi connectivity index (χ0v) is 17.0. The third-order valence-corrected chi connectivity index (χ3v) is 4.88. The second kappa shape index (κ2) is 8.33. The van der Waals surface area contributed by atoms with E-state index in [2.05, 4.69) is 30.6 Å². The fraction of sp³-hybridized carbons (Fsp3) is 0.273. The van der Waals surface area contributed by atoms with Crippen LogP contribution in [0.2, 0.25) is 0 Å². The Bertz CT molecular complexity index is 1110. The van der Waals surface area contributed by atoms with Crippen LogP contribution in [-0.4, -0.2) is 19.9 Å². The number of hydrogen-bond donors (Lipinski definition) is 2. The summed E-state index contributed by atoms with van der Waals surface area (Å²) >= 11 is 0. The molecule has 2 heterocycles. The highest BCUT2D eigenvalue weighted by molar-refractivity contribution is 5.55. The number of pyridine rings is 1. The van der Waals surface area contributed by atoms with E-state index in [1.54, 1.807) is 0 Å². The van der Waals surface area contributed by atoms with Gasteiger partial charge in [-0.3, -0.25) is 0 Å². The van der Waals surface area contributed by atoms with Crippen LogP contribution in [0, 0.1) is 0 Å². The maximum absolute atomic E-state index is 13.1. The topological polar surface area (TPSA) is 75.6 Å². The fourth-order valence-electron chi connectivity index (χ4n) is 3.04. The first-order chi connectivity index (χ1) is 14.8. The zero-order chi connectivity index (χ0) is 22.0. The van der Waals surface area contributed by atoms with E-state index in [0.29, 0.717) is 0 Å². The number of allylic oxidation sites excluding steroid dienone is 2. The number of rotatable bonds is 6. The van der Waals surface area contributed by atoms with E-state index in [1.165, 1.54) is 17.7 Å². The van der Waals surface area contributed by atoms with E-state index in [9.17, 15) is 13.2 Å². The quantitative estimate of drug-likeness (QED) is 0.534. The van der Waals surface area contributed by atoms with Crippen molar-refractivity contribution < 1.29 is 13.2 Å². The minimum absolute atomic E-state index is 0.0208. The Kier molecular flexibility index (Phi) is 5.58. The van der Waals surface area contributed by atoms with Crippen LogP contribution in [0.15, 0.2) is 59.8 Å². The average molecular weight is 426 g/mol. The summed E-state index contributed by atoms with van der Waals surface area (Å²) in [6.07, 6.45) is -2.52. The molecule has 6 nitrogen and oxygen atoms in total. The van der Waals surface area contributed by atoms with E-state index in [-0.39, 0.29) is 29.5 Å². The minimum Gasteiger partial charge on any atom is -0.348 e. The number of hydrogen-bond acceptors (Lipinski definition) is 6. The Labute approximate surface area is 177 Å². The molecule has 1 aliphatic carbocycles. The van der Waals surface area contributed by atoms with Gasteiger partial charge in [-0.15, -0.1) is 0 Å². The van der Waals surface area contributed by atoms with Crippen molar-refractivity contribution in [2.45, 2.75) is 38.9 Å². The van der Waals surface area contributed by atoms with Gasteiger partial charge in [-0.1, -0.05) is 42.0 Å². The van der Waals surface area contributed by atoms with Gasteiger partial charge in [0.1, 0.15) is 11.4 Å². The molecule has 1 fully saturated rings. The van der Waals surface area contributed by atoms with Gasteiger partial charge in [0, 0.05) is 5.70 Å². The van der Waals surface area contributed by atoms with Crippen LogP contribution in [0.3, 0.4) is 0 Å². The van der Waals surface area contributed by atoms with Crippen molar-refractivity contribution in [1.29, 1.82) is 0 Å². The lowest BCUT2D eigenvalue weighted by Gasteiger charge is -2.16. The van der Waals surface area contributed by atoms with Gasteiger partial charge in [-0.2, -0.15) is 28.1 Å². The molecule has 1 aliphatic rings. The highest BCUT2D eigenvalue weighted by Gasteiger charge is 2.32. The van der Waals surface area contributed by atoms with E-state index >= 15 is 0 Å². The summed E-state index contributed by atoms with van der Waals surface area (Å²) in [6.45, 7) is 3.87. The molecule has 1 aromatic carbocycles. The summed E-state index contributed by atoms with van der Waals surface area (Å²) in [5, 5.41) is 6.34. The average Bonchev–Trinajstić information content (AvgIpc) is 3.59. The van der Waals surface area contributed by atoms with Crippen LogP contribution >= 0.6 is 0 Å². The molecule has 0 saturated heterocycles. The van der Waals surface area contributed by atoms with Crippen molar-refractivity contribution in [3.63, 3.8) is 0 Å². The highest BCUT2D eigenvalue weighted by Crippen LogP contribution is 2.32. The van der Waals surface area contributed by atoms with E-state index in [0.717, 1.165) is 30.2 Å². The number of aromatic nitrogens is 4. The van der Waals surface area contributed by atoms with Crippen LogP contribution in [0.5, 0.6) is 0 Å². The Morgan fingerprint density at radius 2 is 1.61 bits per heavy atom. The third kappa shape index (κ3) is 5.17. The molecule has 2 aromatic heterocycles. The van der Waals surface area contributed by atoms with Gasteiger partial charge in [0.25, 0.3) is 0 Å². The first-order valence-electron chi connectivity index (χ1n) is 9.87. The van der Waals surface area contributed by atoms with Crippen LogP contribution in [0.4, 0.5) is 25.1 Å². The van der Waals surface area contributed by atoms with Gasteiger partial charge in [0.15, 0.2) is 5.82 Å². The largest absolute Gasteiger partial charge is 0.433 e. The number of halogens is 3. The Balaban J connectivity index is 1.70. The lowest BCUT2D eigenvalue weighted by molar-refractivity contribution is -0.141. The van der Waals surface area contributed by atoms with Crippen LogP contribution in [0.25, 0.3) is 11.5 Å². The molecular weight excluding hydrogens is 405 g/mol. The number of benzene rings is 1. The van der Waals surface area contributed by atoms with Gasteiger partial charge in [-0.25, -0.2) is 4.98 Å². The molecule has 0 spiro atoms. The molecule has 0 amide bonds. The summed E-state index contributed by atoms with van der Waals surface area (Å²) in [6, 6.07) is 13.2. The molecule has 160 valence electrons. The zero-order valence-electron chi connectivity index (χ0n) is 17.0. The SMILES string of the molecule is CC(Nc1nc(N[C@@H](C)c2ccccc2)nc(-c2cccc(C(F)(F)F)n2)n1)=C1CC1. The molecule has 0 unspecified atom stereocenters. The Morgan fingerprint density at radius 3 is 2.29 bits per heavy atom. The summed E-state index contributed by atoms with van der Waals surface area (Å²) in [5.74, 6) is 0.556. The molecule has 1 atom stereocenters. The monoisotopic (exact) mass is 426 g/mol. The summed E-state index contributed by atoms with van der Waals surface area (Å²) in [7, 11) is 0. The molecule has 0 aliphatic heterocycles. The van der Waals surface area contributed by atoms with Gasteiger partial charge in [0.05, 0.1) is 6.04 Å². The van der Waals surface area contributed by atoms with Crippen molar-refractivity contribution >= 4 is 11.9 Å². The Morgan fingerprint density at radius 1 is 0.903 bits per heavy atom. The molecule has 31 heavy (non-hydrogen) atoms. The predicted octanol–water partition coefficient (Wildman–Crippen LogP) is 5.61. The first-order valence-corrected chi connectivity index (χ1v) is 9.87. The van der Waals surface area contributed by atoms with E-state index in [1.807, 2.05) is 44.2 Å². The summed E-state index contributed by atoms with van der Waals surface area (Å²) in [5.41, 5.74) is 2.26. The van der Waals surface area contributed by atoms with Gasteiger partial charge in [-0.05, 0) is 44.4 Å². The molecule has 2 N–H and O–H groups in total. The number of nitrogens with zero attached hydrogens (tertiary/aromatic N) is 4. The summed E-state index contributed by atoms with van der Waals surface area (Å²) < 4.78 is 39.4. The molecular formula is C22H21F3N6. The number of alkyl halides is 3. The van der Waals surface area contributed by atoms with Crippen LogP contribution in [-0.2, 0) is 6.18 Å². The standard InChI is InChI=1S/C22H21F3N6/c1-13(15-7-4-3-5-8-15)26-20-29-19(17-9-6-10-18(28-17)22(23,24)25)30-21(31-20)27-14(2)16-11-12-16/h3-10,13H,11-12H2,1-2H3,(H2,26,27,29,30,31)/t13-/m0/s1. The van der Waals surface area contributed by atoms with Crippen LogP contribution < -0.4 is 10.6 Å². The van der Waals surface area contributed by atoms with Crippen LogP contribution in [0.1, 0.15) is 44.0 Å². The maximum atomic E-state index is 13.1. The maximum Gasteiger partial charge on any atom is 0.433 e. The van der Waals surface area contributed by atoms with Gasteiger partial charge in [0.2, 0.25) is 11.9 Å². The number of anilines is 2. The molecule has 3 aromatic rings. The van der Waals surface area contributed by atoms with Crippen molar-refractivity contribution in [3.8, 4) is 11.5 Å². The lowest BCUT2D eigenvalue weighted by atomic mass is 10.1. The first kappa shape index (κ1) is 20.8. The molecule has 0 radical (unpaired) electrons. The van der Waals surface area contributed by atoms with E-state index < -0.39 is 11.9 Å². The molecule has 4 rings (SSSR count). The van der Waals surface area contributed by atoms with E-state index in [4.69, 9.17) is 0 Å². The van der Waals surface area contributed by atoms with Crippen molar-refractivity contribution in [3.05, 3.63) is 71.1 Å². The fourth-order valence-corrected chi connectivity index (χ4v) is 3.04. The van der Waals surface area contributed by atoms with Crippen molar-refractivity contribution in [1.82, 2.24) is 19.9 Å². The third-order valence-electron chi connectivity index (χ3n) is 4.88. The lowest BCUT2D eigenvalue weighted by Crippen LogP contribution is -2.13. The minimum atomic E-state index is -4.56. The molecule has 1 saturated carbocycles. The molecule has 9 heteroatoms. The van der Waals surface area contributed by atoms with Gasteiger partial charge < -0.3 is 10.6 Å². The second-order valence-electron chi connectivity index (χ2n) is 7.34. The highest BCUT2D eigenvalue weighted by atomic mass is 19.4. The summed E-state index contributed by atoms with van der Waals surface area (Å²) in [4.78, 5) is 16.8. The second-order valence-corrected chi connectivity index (χ2v) is 7.34. The normalized spacial score (nSPS) is 14.2. The number of nitrogens with one attached hydrogen (secondary N) is 2. The predicted molar refractivity (Wildman–Crippen MR) is 112 cm³/mol. The Hall–Kier alpha value is -3.49. The smallest absolute Gasteiger partial charge is 0.348 e.